The molecule has 118 valence electrons. The quantitative estimate of drug-likeness (QED) is 0.819. The van der Waals surface area contributed by atoms with Crippen LogP contribution in [0.2, 0.25) is 0 Å². The van der Waals surface area contributed by atoms with E-state index < -0.39 is 17.1 Å². The maximum Gasteiger partial charge on any atom is 0.407 e. The fraction of sp³-hybridized carbons (Fsp3) is 0.562. The van der Waals surface area contributed by atoms with Crippen molar-refractivity contribution in [1.82, 2.24) is 5.32 Å². The summed E-state index contributed by atoms with van der Waals surface area (Å²) in [5.74, 6) is 5.25. The molecule has 21 heavy (non-hydrogen) atoms. The highest BCUT2D eigenvalue weighted by Crippen LogP contribution is 2.24. The molecule has 1 aromatic carbocycles. The number of carbonyl (C=O) groups is 1. The fourth-order valence-corrected chi connectivity index (χ4v) is 1.96. The van der Waals surface area contributed by atoms with E-state index in [-0.39, 0.29) is 0 Å². The summed E-state index contributed by atoms with van der Waals surface area (Å²) in [6, 6.07) is 8.09. The molecule has 0 saturated heterocycles. The number of alkyl carbamates (subject to hydrolysis) is 1. The third kappa shape index (κ3) is 5.73. The van der Waals surface area contributed by atoms with Crippen LogP contribution in [0, 0.1) is 6.92 Å². The van der Waals surface area contributed by atoms with Crippen LogP contribution in [0.15, 0.2) is 24.3 Å². The van der Waals surface area contributed by atoms with Crippen molar-refractivity contribution in [3.05, 3.63) is 35.4 Å². The molecule has 1 unspecified atom stereocenters. The largest absolute Gasteiger partial charge is 0.444 e. The van der Waals surface area contributed by atoms with Gasteiger partial charge in [-0.15, -0.1) is 0 Å². The SMILES string of the molecule is Cc1ccc(C(C)(CNC(=O)OC(C)(C)C)CON)cc1. The van der Waals surface area contributed by atoms with Gasteiger partial charge in [-0.1, -0.05) is 36.8 Å². The van der Waals surface area contributed by atoms with Crippen molar-refractivity contribution in [2.24, 2.45) is 5.90 Å². The Hall–Kier alpha value is -1.59. The summed E-state index contributed by atoms with van der Waals surface area (Å²) in [6.07, 6.45) is -0.446. The minimum Gasteiger partial charge on any atom is -0.444 e. The van der Waals surface area contributed by atoms with Crippen LogP contribution in [-0.2, 0) is 15.0 Å². The van der Waals surface area contributed by atoms with Crippen LogP contribution in [0.4, 0.5) is 4.79 Å². The Balaban J connectivity index is 2.77. The van der Waals surface area contributed by atoms with Crippen molar-refractivity contribution in [3.63, 3.8) is 0 Å². The molecular weight excluding hydrogens is 268 g/mol. The van der Waals surface area contributed by atoms with Crippen molar-refractivity contribution in [3.8, 4) is 0 Å². The van der Waals surface area contributed by atoms with Gasteiger partial charge in [0.15, 0.2) is 0 Å². The van der Waals surface area contributed by atoms with Crippen molar-refractivity contribution in [2.75, 3.05) is 13.2 Å². The average molecular weight is 294 g/mol. The monoisotopic (exact) mass is 294 g/mol. The van der Waals surface area contributed by atoms with E-state index >= 15 is 0 Å². The number of rotatable bonds is 5. The lowest BCUT2D eigenvalue weighted by Gasteiger charge is -2.30. The first kappa shape index (κ1) is 17.5. The number of carbonyl (C=O) groups excluding carboxylic acids is 1. The molecule has 0 saturated carbocycles. The summed E-state index contributed by atoms with van der Waals surface area (Å²) in [5.41, 5.74) is 1.29. The van der Waals surface area contributed by atoms with Crippen molar-refractivity contribution < 1.29 is 14.4 Å². The Morgan fingerprint density at radius 2 is 1.76 bits per heavy atom. The fourth-order valence-electron chi connectivity index (χ4n) is 1.96. The van der Waals surface area contributed by atoms with Crippen LogP contribution in [0.5, 0.6) is 0 Å². The van der Waals surface area contributed by atoms with Gasteiger partial charge in [0.2, 0.25) is 0 Å². The standard InChI is InChI=1S/C16H26N2O3/c1-12-6-8-13(9-7-12)16(5,11-20-17)10-18-14(19)21-15(2,3)4/h6-9H,10-11,17H2,1-5H3,(H,18,19). The number of aryl methyl sites for hydroxylation is 1. The van der Waals surface area contributed by atoms with Crippen LogP contribution in [0.3, 0.4) is 0 Å². The topological polar surface area (TPSA) is 73.6 Å². The predicted octanol–water partition coefficient (Wildman–Crippen LogP) is 2.67. The maximum atomic E-state index is 11.8. The molecule has 3 N–H and O–H groups in total. The molecule has 0 bridgehead atoms. The first-order chi connectivity index (χ1) is 9.66. The lowest BCUT2D eigenvalue weighted by atomic mass is 9.83. The Morgan fingerprint density at radius 1 is 1.19 bits per heavy atom. The Labute approximate surface area is 126 Å². The highest BCUT2D eigenvalue weighted by Gasteiger charge is 2.28. The first-order valence-corrected chi connectivity index (χ1v) is 7.02. The Morgan fingerprint density at radius 3 is 2.24 bits per heavy atom. The zero-order chi connectivity index (χ0) is 16.1. The number of nitrogens with two attached hydrogens (primary N) is 1. The number of nitrogens with one attached hydrogen (secondary N) is 1. The molecule has 1 aromatic rings. The van der Waals surface area contributed by atoms with E-state index in [1.165, 1.54) is 5.56 Å². The second-order valence-corrected chi connectivity index (χ2v) is 6.59. The van der Waals surface area contributed by atoms with E-state index in [0.29, 0.717) is 13.2 Å². The molecule has 5 heteroatoms. The molecular formula is C16H26N2O3. The van der Waals surface area contributed by atoms with Crippen molar-refractivity contribution in [1.29, 1.82) is 0 Å². The number of hydrogen-bond donors (Lipinski definition) is 2. The summed E-state index contributed by atoms with van der Waals surface area (Å²) >= 11 is 0. The molecule has 1 atom stereocenters. The molecule has 0 radical (unpaired) electrons. The molecule has 0 aliphatic carbocycles. The van der Waals surface area contributed by atoms with Gasteiger partial charge in [-0.05, 0) is 33.3 Å². The smallest absolute Gasteiger partial charge is 0.407 e. The van der Waals surface area contributed by atoms with Crippen LogP contribution in [0.25, 0.3) is 0 Å². The summed E-state index contributed by atoms with van der Waals surface area (Å²) in [6.45, 7) is 10.2. The van der Waals surface area contributed by atoms with Gasteiger partial charge in [0.25, 0.3) is 0 Å². The molecule has 0 aliphatic rings. The predicted molar refractivity (Wildman–Crippen MR) is 82.9 cm³/mol. The van der Waals surface area contributed by atoms with Crippen molar-refractivity contribution in [2.45, 2.75) is 45.6 Å². The lowest BCUT2D eigenvalue weighted by Crippen LogP contribution is -2.44. The molecule has 5 nitrogen and oxygen atoms in total. The van der Waals surface area contributed by atoms with Crippen molar-refractivity contribution >= 4 is 6.09 Å². The van der Waals surface area contributed by atoms with Gasteiger partial charge >= 0.3 is 6.09 Å². The van der Waals surface area contributed by atoms with Gasteiger partial charge in [0.05, 0.1) is 6.61 Å². The molecule has 0 aromatic heterocycles. The maximum absolute atomic E-state index is 11.8. The number of amides is 1. The van der Waals surface area contributed by atoms with Gasteiger partial charge in [-0.2, -0.15) is 0 Å². The van der Waals surface area contributed by atoms with Gasteiger partial charge in [-0.25, -0.2) is 10.7 Å². The highest BCUT2D eigenvalue weighted by molar-refractivity contribution is 5.67. The lowest BCUT2D eigenvalue weighted by molar-refractivity contribution is 0.0476. The molecule has 0 spiro atoms. The zero-order valence-corrected chi connectivity index (χ0v) is 13.5. The second-order valence-electron chi connectivity index (χ2n) is 6.59. The van der Waals surface area contributed by atoms with E-state index in [2.05, 4.69) is 5.32 Å². The van der Waals surface area contributed by atoms with Crippen LogP contribution >= 0.6 is 0 Å². The zero-order valence-electron chi connectivity index (χ0n) is 13.5. The van der Waals surface area contributed by atoms with E-state index in [1.54, 1.807) is 0 Å². The minimum absolute atomic E-state index is 0.297. The third-order valence-corrected chi connectivity index (χ3v) is 3.17. The summed E-state index contributed by atoms with van der Waals surface area (Å²) in [4.78, 5) is 16.6. The van der Waals surface area contributed by atoms with Crippen LogP contribution in [0.1, 0.15) is 38.8 Å². The van der Waals surface area contributed by atoms with Gasteiger partial charge in [0.1, 0.15) is 5.60 Å². The third-order valence-electron chi connectivity index (χ3n) is 3.17. The molecule has 0 heterocycles. The molecule has 1 amide bonds. The summed E-state index contributed by atoms with van der Waals surface area (Å²) < 4.78 is 5.24. The average Bonchev–Trinajstić information content (AvgIpc) is 2.35. The summed E-state index contributed by atoms with van der Waals surface area (Å²) in [7, 11) is 0. The molecule has 0 fully saturated rings. The molecule has 1 rings (SSSR count). The molecule has 0 aliphatic heterocycles. The van der Waals surface area contributed by atoms with Crippen LogP contribution in [-0.4, -0.2) is 24.8 Å². The van der Waals surface area contributed by atoms with Crippen LogP contribution < -0.4 is 11.2 Å². The summed E-state index contributed by atoms with van der Waals surface area (Å²) in [5, 5.41) is 2.78. The van der Waals surface area contributed by atoms with E-state index in [9.17, 15) is 4.79 Å². The first-order valence-electron chi connectivity index (χ1n) is 7.02. The Kier molecular flexibility index (Phi) is 5.75. The number of hydrogen-bond acceptors (Lipinski definition) is 4. The van der Waals surface area contributed by atoms with E-state index in [0.717, 1.165) is 5.56 Å². The normalized spacial score (nSPS) is 14.4. The van der Waals surface area contributed by atoms with Gasteiger partial charge in [-0.3, -0.25) is 0 Å². The number of ether oxygens (including phenoxy) is 1. The Bertz CT molecular complexity index is 465. The highest BCUT2D eigenvalue weighted by atomic mass is 16.6. The van der Waals surface area contributed by atoms with Gasteiger partial charge in [0, 0.05) is 12.0 Å². The number of benzene rings is 1. The second kappa shape index (κ2) is 6.91. The van der Waals surface area contributed by atoms with E-state index in [1.807, 2.05) is 58.9 Å². The van der Waals surface area contributed by atoms with E-state index in [4.69, 9.17) is 15.5 Å². The minimum atomic E-state index is -0.519. The van der Waals surface area contributed by atoms with Gasteiger partial charge < -0.3 is 14.9 Å².